The van der Waals surface area contributed by atoms with E-state index >= 15 is 0 Å². The summed E-state index contributed by atoms with van der Waals surface area (Å²) in [5.41, 5.74) is 7.46. The highest BCUT2D eigenvalue weighted by atomic mass is 127. The average Bonchev–Trinajstić information content (AvgIpc) is 2.15. The van der Waals surface area contributed by atoms with E-state index < -0.39 is 10.8 Å². The van der Waals surface area contributed by atoms with Crippen LogP contribution >= 0.6 is 22.6 Å². The normalized spacial score (nSPS) is 14.6. The largest absolute Gasteiger partial charge is 0.399 e. The molecule has 0 aliphatic heterocycles. The van der Waals surface area contributed by atoms with E-state index in [9.17, 15) is 4.21 Å². The van der Waals surface area contributed by atoms with Gasteiger partial charge in [0.2, 0.25) is 0 Å². The van der Waals surface area contributed by atoms with Gasteiger partial charge >= 0.3 is 0 Å². The predicted molar refractivity (Wildman–Crippen MR) is 75.6 cm³/mol. The van der Waals surface area contributed by atoms with Crippen LogP contribution in [-0.4, -0.2) is 22.3 Å². The highest BCUT2D eigenvalue weighted by molar-refractivity contribution is 14.1. The van der Waals surface area contributed by atoms with Crippen molar-refractivity contribution in [3.63, 3.8) is 0 Å². The van der Waals surface area contributed by atoms with Crippen LogP contribution < -0.4 is 11.1 Å². The zero-order chi connectivity index (χ0) is 11.4. The first-order valence-corrected chi connectivity index (χ1v) is 7.32. The first-order valence-electron chi connectivity index (χ1n) is 4.62. The highest BCUT2D eigenvalue weighted by Gasteiger charge is 2.06. The second-order valence-electron chi connectivity index (χ2n) is 3.43. The van der Waals surface area contributed by atoms with E-state index in [1.807, 2.05) is 25.1 Å². The third-order valence-electron chi connectivity index (χ3n) is 2.14. The number of nitrogens with two attached hydrogens (primary N) is 1. The van der Waals surface area contributed by atoms with E-state index in [4.69, 9.17) is 5.73 Å². The van der Waals surface area contributed by atoms with Crippen LogP contribution in [0, 0.1) is 3.57 Å². The van der Waals surface area contributed by atoms with Crippen molar-refractivity contribution in [2.75, 3.05) is 23.9 Å². The molecule has 0 amide bonds. The lowest BCUT2D eigenvalue weighted by molar-refractivity contribution is 0.679. The minimum atomic E-state index is -0.785. The highest BCUT2D eigenvalue weighted by Crippen LogP contribution is 2.20. The van der Waals surface area contributed by atoms with Crippen LogP contribution in [0.15, 0.2) is 18.2 Å². The van der Waals surface area contributed by atoms with Crippen LogP contribution in [-0.2, 0) is 10.8 Å². The van der Waals surface area contributed by atoms with E-state index in [1.54, 1.807) is 6.26 Å². The number of hydrogen-bond acceptors (Lipinski definition) is 3. The van der Waals surface area contributed by atoms with Crippen molar-refractivity contribution in [1.29, 1.82) is 0 Å². The Balaban J connectivity index is 2.62. The molecule has 2 unspecified atom stereocenters. The average molecular weight is 338 g/mol. The Kier molecular flexibility index (Phi) is 4.85. The Morgan fingerprint density at radius 3 is 2.80 bits per heavy atom. The zero-order valence-electron chi connectivity index (χ0n) is 8.79. The molecule has 1 aromatic rings. The molecule has 1 aromatic carbocycles. The van der Waals surface area contributed by atoms with Crippen molar-refractivity contribution in [2.45, 2.75) is 12.2 Å². The molecule has 0 spiro atoms. The number of halogens is 1. The second-order valence-corrected chi connectivity index (χ2v) is 6.39. The van der Waals surface area contributed by atoms with Crippen LogP contribution in [0.25, 0.3) is 0 Å². The fraction of sp³-hybridized carbons (Fsp3) is 0.400. The molecule has 1 rings (SSSR count). The van der Waals surface area contributed by atoms with E-state index in [-0.39, 0.29) is 5.25 Å². The van der Waals surface area contributed by atoms with E-state index in [2.05, 4.69) is 27.9 Å². The van der Waals surface area contributed by atoms with Gasteiger partial charge in [-0.1, -0.05) is 0 Å². The Labute approximate surface area is 106 Å². The summed E-state index contributed by atoms with van der Waals surface area (Å²) in [6, 6.07) is 5.72. The molecular weight excluding hydrogens is 323 g/mol. The minimum Gasteiger partial charge on any atom is -0.399 e. The van der Waals surface area contributed by atoms with E-state index in [0.717, 1.165) is 14.9 Å². The first kappa shape index (κ1) is 12.8. The summed E-state index contributed by atoms with van der Waals surface area (Å²) in [4.78, 5) is 0. The van der Waals surface area contributed by atoms with Crippen LogP contribution in [0.2, 0.25) is 0 Å². The molecule has 3 nitrogen and oxygen atoms in total. The fourth-order valence-electron chi connectivity index (χ4n) is 1.05. The molecule has 0 radical (unpaired) electrons. The predicted octanol–water partition coefficient (Wildman–Crippen LogP) is 2.05. The molecular formula is C10H15IN2OS. The second kappa shape index (κ2) is 5.69. The number of nitrogens with one attached hydrogen (secondary N) is 1. The lowest BCUT2D eigenvalue weighted by atomic mass is 10.3. The van der Waals surface area contributed by atoms with Crippen molar-refractivity contribution in [3.8, 4) is 0 Å². The van der Waals surface area contributed by atoms with E-state index in [1.165, 1.54) is 0 Å². The van der Waals surface area contributed by atoms with Crippen molar-refractivity contribution in [1.82, 2.24) is 0 Å². The summed E-state index contributed by atoms with van der Waals surface area (Å²) in [7, 11) is -0.785. The number of rotatable bonds is 4. The summed E-state index contributed by atoms with van der Waals surface area (Å²) in [5, 5.41) is 3.42. The maximum atomic E-state index is 11.2. The van der Waals surface area contributed by atoms with Gasteiger partial charge in [0, 0.05) is 43.8 Å². The molecule has 0 bridgehead atoms. The molecule has 0 aliphatic rings. The molecule has 0 saturated carbocycles. The SMILES string of the molecule is CC(CNc1ccc(N)cc1I)S(C)=O. The van der Waals surface area contributed by atoms with Crippen molar-refractivity contribution < 1.29 is 4.21 Å². The van der Waals surface area contributed by atoms with Crippen LogP contribution in [0.5, 0.6) is 0 Å². The zero-order valence-corrected chi connectivity index (χ0v) is 11.8. The summed E-state index contributed by atoms with van der Waals surface area (Å²) < 4.78 is 12.2. The number of hydrogen-bond donors (Lipinski definition) is 2. The Morgan fingerprint density at radius 1 is 1.60 bits per heavy atom. The lowest BCUT2D eigenvalue weighted by Gasteiger charge is -2.12. The van der Waals surface area contributed by atoms with Gasteiger partial charge in [-0.25, -0.2) is 0 Å². The summed E-state index contributed by atoms with van der Waals surface area (Å²) in [6.45, 7) is 2.68. The molecule has 5 heteroatoms. The summed E-state index contributed by atoms with van der Waals surface area (Å²) in [5.74, 6) is 0. The van der Waals surface area contributed by atoms with Gasteiger partial charge in [0.05, 0.1) is 0 Å². The van der Waals surface area contributed by atoms with Gasteiger partial charge in [-0.3, -0.25) is 4.21 Å². The molecule has 2 atom stereocenters. The fourth-order valence-corrected chi connectivity index (χ4v) is 2.09. The van der Waals surface area contributed by atoms with Gasteiger partial charge < -0.3 is 11.1 Å². The quantitative estimate of drug-likeness (QED) is 0.653. The Hall–Kier alpha value is -0.300. The van der Waals surface area contributed by atoms with E-state index in [0.29, 0.717) is 6.54 Å². The lowest BCUT2D eigenvalue weighted by Crippen LogP contribution is -2.21. The molecule has 0 heterocycles. The molecule has 0 fully saturated rings. The van der Waals surface area contributed by atoms with Gasteiger partial charge in [-0.2, -0.15) is 0 Å². The van der Waals surface area contributed by atoms with Gasteiger partial charge in [-0.15, -0.1) is 0 Å². The van der Waals surface area contributed by atoms with Crippen molar-refractivity contribution >= 4 is 44.8 Å². The smallest absolute Gasteiger partial charge is 0.0489 e. The molecule has 3 N–H and O–H groups in total. The van der Waals surface area contributed by atoms with Gasteiger partial charge in [0.25, 0.3) is 0 Å². The van der Waals surface area contributed by atoms with Crippen LogP contribution in [0.3, 0.4) is 0 Å². The molecule has 0 saturated heterocycles. The monoisotopic (exact) mass is 338 g/mol. The molecule has 84 valence electrons. The number of benzene rings is 1. The molecule has 0 aromatic heterocycles. The first-order chi connectivity index (χ1) is 7.00. The topological polar surface area (TPSA) is 55.1 Å². The number of nitrogen functional groups attached to an aromatic ring is 1. The minimum absolute atomic E-state index is 0.151. The van der Waals surface area contributed by atoms with Crippen molar-refractivity contribution in [3.05, 3.63) is 21.8 Å². The third-order valence-corrected chi connectivity index (χ3v) is 4.33. The maximum Gasteiger partial charge on any atom is 0.0489 e. The Bertz CT molecular complexity index is 370. The number of anilines is 2. The third kappa shape index (κ3) is 3.98. The molecule has 0 aliphatic carbocycles. The van der Waals surface area contributed by atoms with Crippen molar-refractivity contribution in [2.24, 2.45) is 0 Å². The summed E-state index contributed by atoms with van der Waals surface area (Å²) >= 11 is 2.23. The van der Waals surface area contributed by atoms with Gasteiger partial charge in [0.1, 0.15) is 0 Å². The van der Waals surface area contributed by atoms with Gasteiger partial charge in [-0.05, 0) is 47.7 Å². The van der Waals surface area contributed by atoms with Crippen LogP contribution in [0.4, 0.5) is 11.4 Å². The van der Waals surface area contributed by atoms with Gasteiger partial charge in [0.15, 0.2) is 0 Å². The maximum absolute atomic E-state index is 11.2. The molecule has 15 heavy (non-hydrogen) atoms. The van der Waals surface area contributed by atoms with Crippen LogP contribution in [0.1, 0.15) is 6.92 Å². The standard InChI is InChI=1S/C10H15IN2OS/c1-7(15(2)14)6-13-10-4-3-8(12)5-9(10)11/h3-5,7,13H,6,12H2,1-2H3. The Morgan fingerprint density at radius 2 is 2.27 bits per heavy atom. The summed E-state index contributed by atoms with van der Waals surface area (Å²) in [6.07, 6.45) is 1.72.